The highest BCUT2D eigenvalue weighted by Crippen LogP contribution is 2.39. The van der Waals surface area contributed by atoms with E-state index < -0.39 is 0 Å². The molecule has 5 heteroatoms. The van der Waals surface area contributed by atoms with Crippen molar-refractivity contribution in [2.24, 2.45) is 4.99 Å². The van der Waals surface area contributed by atoms with Crippen LogP contribution in [0, 0.1) is 0 Å². The Bertz CT molecular complexity index is 1440. The first-order chi connectivity index (χ1) is 16.3. The Morgan fingerprint density at radius 1 is 1.00 bits per heavy atom. The van der Waals surface area contributed by atoms with E-state index in [1.807, 2.05) is 12.1 Å². The molecule has 0 fully saturated rings. The minimum Gasteiger partial charge on any atom is -0.491 e. The summed E-state index contributed by atoms with van der Waals surface area (Å²) < 4.78 is 15.1. The van der Waals surface area contributed by atoms with Crippen molar-refractivity contribution in [2.45, 2.75) is 6.42 Å². The topological polar surface area (TPSA) is 39.9 Å². The van der Waals surface area contributed by atoms with Gasteiger partial charge < -0.3 is 9.47 Å². The number of rotatable bonds is 6. The van der Waals surface area contributed by atoms with Crippen molar-refractivity contribution in [3.8, 4) is 22.6 Å². The van der Waals surface area contributed by atoms with Gasteiger partial charge in [-0.15, -0.1) is 0 Å². The molecule has 2 aromatic heterocycles. The molecule has 0 spiro atoms. The third-order valence-corrected chi connectivity index (χ3v) is 6.15. The molecule has 162 valence electrons. The van der Waals surface area contributed by atoms with Crippen LogP contribution in [-0.2, 0) is 4.74 Å². The lowest BCUT2D eigenvalue weighted by Gasteiger charge is -2.08. The molecule has 4 aromatic rings. The van der Waals surface area contributed by atoms with Gasteiger partial charge >= 0.3 is 0 Å². The fraction of sp³-hybridized carbons (Fsp3) is 0.143. The van der Waals surface area contributed by atoms with E-state index >= 15 is 0 Å². The van der Waals surface area contributed by atoms with Crippen molar-refractivity contribution < 1.29 is 13.9 Å². The zero-order valence-electron chi connectivity index (χ0n) is 18.4. The zero-order chi connectivity index (χ0) is 22.2. The summed E-state index contributed by atoms with van der Waals surface area (Å²) >= 11 is 0. The van der Waals surface area contributed by atoms with Crippen LogP contribution < -0.4 is 9.14 Å². The molecule has 1 aliphatic carbocycles. The van der Waals surface area contributed by atoms with E-state index in [1.54, 1.807) is 7.11 Å². The first-order valence-electron chi connectivity index (χ1n) is 11.1. The number of ether oxygens (including phenoxy) is 2. The molecule has 2 aromatic carbocycles. The highest BCUT2D eigenvalue weighted by Gasteiger charge is 2.22. The van der Waals surface area contributed by atoms with E-state index in [0.717, 1.165) is 29.2 Å². The van der Waals surface area contributed by atoms with Gasteiger partial charge in [-0.25, -0.2) is 4.40 Å². The largest absolute Gasteiger partial charge is 0.491 e. The van der Waals surface area contributed by atoms with Gasteiger partial charge in [-0.3, -0.25) is 4.99 Å². The Kier molecular flexibility index (Phi) is 4.89. The Labute approximate surface area is 192 Å². The number of hydrogen-bond donors (Lipinski definition) is 0. The van der Waals surface area contributed by atoms with Gasteiger partial charge in [-0.05, 0) is 48.0 Å². The van der Waals surface area contributed by atoms with Crippen LogP contribution in [0.1, 0.15) is 12.0 Å². The molecule has 5 nitrogen and oxygen atoms in total. The third-order valence-electron chi connectivity index (χ3n) is 6.15. The lowest BCUT2D eigenvalue weighted by molar-refractivity contribution is -0.509. The maximum absolute atomic E-state index is 5.68. The van der Waals surface area contributed by atoms with Crippen LogP contribution in [0.2, 0.25) is 0 Å². The second kappa shape index (κ2) is 8.19. The minimum atomic E-state index is 0.547. The number of aliphatic imine (C=N–C) groups is 1. The van der Waals surface area contributed by atoms with Crippen molar-refractivity contribution in [3.63, 3.8) is 0 Å². The van der Waals surface area contributed by atoms with Crippen LogP contribution in [0.25, 0.3) is 28.0 Å². The zero-order valence-corrected chi connectivity index (χ0v) is 18.4. The van der Waals surface area contributed by atoms with E-state index in [2.05, 4.69) is 88.3 Å². The first kappa shape index (κ1) is 19.7. The van der Waals surface area contributed by atoms with E-state index in [-0.39, 0.29) is 0 Å². The molecular formula is C28H24N3O2+. The number of imidazole rings is 1. The number of allylic oxidation sites excluding steroid dienone is 4. The molecule has 0 amide bonds. The molecule has 0 N–H and O–H groups in total. The van der Waals surface area contributed by atoms with Crippen molar-refractivity contribution in [1.82, 2.24) is 4.57 Å². The molecule has 0 atom stereocenters. The standard InChI is InChI=1S/C28H24N3O2/c1-32-16-17-33-23-10-8-22(9-11-23)31-15-14-30-19-21(7-13-28(30)31)20-6-12-27-25(18-20)24-4-2-3-5-26(24)29-27/h2-4,6-15,18-19H,5,16-17H2,1H3/q+1. The molecule has 33 heavy (non-hydrogen) atoms. The third kappa shape index (κ3) is 3.56. The maximum Gasteiger partial charge on any atom is 0.291 e. The van der Waals surface area contributed by atoms with Crippen LogP contribution in [0.5, 0.6) is 5.75 Å². The Morgan fingerprint density at radius 3 is 2.76 bits per heavy atom. The van der Waals surface area contributed by atoms with Crippen molar-refractivity contribution in [1.29, 1.82) is 0 Å². The quantitative estimate of drug-likeness (QED) is 0.304. The van der Waals surface area contributed by atoms with E-state index in [4.69, 9.17) is 14.5 Å². The normalized spacial score (nSPS) is 14.1. The van der Waals surface area contributed by atoms with Crippen LogP contribution in [0.15, 0.2) is 96.4 Å². The number of pyridine rings is 1. The Hall–Kier alpha value is -3.96. The SMILES string of the molecule is COCCOc1ccc(-n2cc[n+]3cc(-c4ccc5c(c4)C4=CC=CCC4=N5)ccc23)cc1. The van der Waals surface area contributed by atoms with Gasteiger partial charge in [0.2, 0.25) is 0 Å². The second-order valence-corrected chi connectivity index (χ2v) is 8.19. The van der Waals surface area contributed by atoms with Gasteiger partial charge in [0, 0.05) is 36.3 Å². The molecule has 0 saturated carbocycles. The number of fused-ring (bicyclic) bond motifs is 4. The summed E-state index contributed by atoms with van der Waals surface area (Å²) in [6.07, 6.45) is 13.7. The van der Waals surface area contributed by atoms with Crippen LogP contribution in [-0.4, -0.2) is 30.6 Å². The van der Waals surface area contributed by atoms with Gasteiger partial charge in [-0.2, -0.15) is 4.57 Å². The van der Waals surface area contributed by atoms with Crippen molar-refractivity contribution in [2.75, 3.05) is 20.3 Å². The second-order valence-electron chi connectivity index (χ2n) is 8.19. The van der Waals surface area contributed by atoms with Crippen LogP contribution >= 0.6 is 0 Å². The van der Waals surface area contributed by atoms with Gasteiger partial charge in [0.25, 0.3) is 5.65 Å². The summed E-state index contributed by atoms with van der Waals surface area (Å²) in [6.45, 7) is 1.13. The van der Waals surface area contributed by atoms with Gasteiger partial charge in [0.15, 0.2) is 0 Å². The number of nitrogens with zero attached hydrogens (tertiary/aromatic N) is 3. The Morgan fingerprint density at radius 2 is 1.88 bits per heavy atom. The van der Waals surface area contributed by atoms with Gasteiger partial charge in [0.05, 0.1) is 18.0 Å². The number of hydrogen-bond acceptors (Lipinski definition) is 3. The number of aromatic nitrogens is 2. The van der Waals surface area contributed by atoms with Crippen LogP contribution in [0.3, 0.4) is 0 Å². The highest BCUT2D eigenvalue weighted by atomic mass is 16.5. The highest BCUT2D eigenvalue weighted by molar-refractivity contribution is 6.30. The number of methoxy groups -OCH3 is 1. The average Bonchev–Trinajstić information content (AvgIpc) is 3.45. The van der Waals surface area contributed by atoms with E-state index in [9.17, 15) is 0 Å². The van der Waals surface area contributed by atoms with Crippen LogP contribution in [0.4, 0.5) is 5.69 Å². The summed E-state index contributed by atoms with van der Waals surface area (Å²) in [5, 5.41) is 0. The fourth-order valence-corrected chi connectivity index (χ4v) is 4.46. The summed E-state index contributed by atoms with van der Waals surface area (Å²) in [4.78, 5) is 4.80. The summed E-state index contributed by atoms with van der Waals surface area (Å²) in [6, 6.07) is 19.0. The molecule has 6 rings (SSSR count). The van der Waals surface area contributed by atoms with E-state index in [0.29, 0.717) is 13.2 Å². The summed E-state index contributed by atoms with van der Waals surface area (Å²) in [5.41, 5.74) is 9.27. The van der Waals surface area contributed by atoms with Gasteiger partial charge in [0.1, 0.15) is 36.6 Å². The maximum atomic E-state index is 5.68. The molecular weight excluding hydrogens is 410 g/mol. The Balaban J connectivity index is 1.29. The molecule has 1 aliphatic heterocycles. The number of benzene rings is 2. The molecule has 0 bridgehead atoms. The summed E-state index contributed by atoms with van der Waals surface area (Å²) in [7, 11) is 1.67. The lowest BCUT2D eigenvalue weighted by Crippen LogP contribution is -2.18. The van der Waals surface area contributed by atoms with E-state index in [1.165, 1.54) is 28.0 Å². The molecule has 0 saturated heterocycles. The van der Waals surface area contributed by atoms with Crippen molar-refractivity contribution in [3.05, 3.63) is 97.0 Å². The first-order valence-corrected chi connectivity index (χ1v) is 11.1. The predicted molar refractivity (Wildman–Crippen MR) is 131 cm³/mol. The molecule has 3 heterocycles. The average molecular weight is 435 g/mol. The lowest BCUT2D eigenvalue weighted by atomic mass is 9.95. The molecule has 2 aliphatic rings. The minimum absolute atomic E-state index is 0.547. The monoisotopic (exact) mass is 434 g/mol. The molecule has 0 radical (unpaired) electrons. The van der Waals surface area contributed by atoms with Gasteiger partial charge in [-0.1, -0.05) is 24.3 Å². The smallest absolute Gasteiger partial charge is 0.291 e. The predicted octanol–water partition coefficient (Wildman–Crippen LogP) is 5.34. The van der Waals surface area contributed by atoms with Crippen molar-refractivity contribution >= 4 is 22.6 Å². The fourth-order valence-electron chi connectivity index (χ4n) is 4.46. The summed E-state index contributed by atoms with van der Waals surface area (Å²) in [5.74, 6) is 0.842. The molecule has 0 unspecified atom stereocenters.